The van der Waals surface area contributed by atoms with E-state index in [0.29, 0.717) is 29.0 Å². The maximum Gasteiger partial charge on any atom is 0.350 e. The number of halogens is 1. The standard InChI is InChI=1S/C25H23FN8O/c1-14-3-4-15(2)16(9-14)11-32-13-30-34(25(32)35)18-7-8-19(20(26)10-18)22-21-23(27)28-12-29-24(21)33(31-22)17-5-6-17/h3-4,7-10,12-13,17H,5-6,11H2,1-2H3,(H2,27,28,29). The molecule has 5 aromatic rings. The van der Waals surface area contributed by atoms with Crippen LogP contribution in [0.4, 0.5) is 10.2 Å². The Morgan fingerprint density at radius 2 is 1.94 bits per heavy atom. The Labute approximate surface area is 199 Å². The summed E-state index contributed by atoms with van der Waals surface area (Å²) in [6.45, 7) is 4.40. The molecule has 0 bridgehead atoms. The van der Waals surface area contributed by atoms with Crippen LogP contribution >= 0.6 is 0 Å². The Balaban J connectivity index is 1.38. The molecule has 0 amide bonds. The van der Waals surface area contributed by atoms with E-state index >= 15 is 4.39 Å². The molecule has 35 heavy (non-hydrogen) atoms. The highest BCUT2D eigenvalue weighted by Gasteiger charge is 2.30. The highest BCUT2D eigenvalue weighted by Crippen LogP contribution is 2.40. The highest BCUT2D eigenvalue weighted by molar-refractivity contribution is 5.98. The molecule has 0 radical (unpaired) electrons. The zero-order valence-electron chi connectivity index (χ0n) is 19.3. The van der Waals surface area contributed by atoms with Crippen molar-refractivity contribution >= 4 is 16.9 Å². The van der Waals surface area contributed by atoms with E-state index in [2.05, 4.69) is 20.2 Å². The van der Waals surface area contributed by atoms with Crippen molar-refractivity contribution < 1.29 is 4.39 Å². The van der Waals surface area contributed by atoms with Gasteiger partial charge in [-0.05, 0) is 49.9 Å². The van der Waals surface area contributed by atoms with Gasteiger partial charge in [-0.3, -0.25) is 4.57 Å². The van der Waals surface area contributed by atoms with Crippen LogP contribution in [-0.4, -0.2) is 34.1 Å². The third kappa shape index (κ3) is 3.58. The van der Waals surface area contributed by atoms with E-state index in [1.807, 2.05) is 32.0 Å². The first-order valence-electron chi connectivity index (χ1n) is 11.4. The molecule has 0 unspecified atom stereocenters. The molecule has 10 heteroatoms. The molecule has 0 atom stereocenters. The zero-order valence-corrected chi connectivity index (χ0v) is 19.3. The lowest BCUT2D eigenvalue weighted by molar-refractivity contribution is 0.624. The monoisotopic (exact) mass is 470 g/mol. The summed E-state index contributed by atoms with van der Waals surface area (Å²) in [6, 6.07) is 10.9. The van der Waals surface area contributed by atoms with Gasteiger partial charge in [-0.1, -0.05) is 23.8 Å². The van der Waals surface area contributed by atoms with Gasteiger partial charge >= 0.3 is 5.69 Å². The lowest BCUT2D eigenvalue weighted by atomic mass is 10.1. The predicted molar refractivity (Wildman–Crippen MR) is 130 cm³/mol. The van der Waals surface area contributed by atoms with E-state index in [0.717, 1.165) is 29.5 Å². The largest absolute Gasteiger partial charge is 0.383 e. The van der Waals surface area contributed by atoms with Crippen LogP contribution in [-0.2, 0) is 6.54 Å². The summed E-state index contributed by atoms with van der Waals surface area (Å²) in [5.74, 6) is -0.286. The van der Waals surface area contributed by atoms with Crippen molar-refractivity contribution in [3.63, 3.8) is 0 Å². The van der Waals surface area contributed by atoms with Crippen LogP contribution in [0.2, 0.25) is 0 Å². The van der Waals surface area contributed by atoms with E-state index in [4.69, 9.17) is 5.73 Å². The minimum absolute atomic E-state index is 0.238. The summed E-state index contributed by atoms with van der Waals surface area (Å²) in [6.07, 6.45) is 4.85. The van der Waals surface area contributed by atoms with Gasteiger partial charge in [-0.2, -0.15) is 14.9 Å². The van der Waals surface area contributed by atoms with Gasteiger partial charge in [0.2, 0.25) is 0 Å². The Bertz CT molecular complexity index is 1660. The number of anilines is 1. The van der Waals surface area contributed by atoms with E-state index in [1.165, 1.54) is 28.0 Å². The van der Waals surface area contributed by atoms with Crippen LogP contribution in [0.25, 0.3) is 28.0 Å². The summed E-state index contributed by atoms with van der Waals surface area (Å²) < 4.78 is 19.9. The minimum Gasteiger partial charge on any atom is -0.383 e. The fourth-order valence-corrected chi connectivity index (χ4v) is 4.36. The molecule has 9 nitrogen and oxygen atoms in total. The zero-order chi connectivity index (χ0) is 24.3. The number of nitrogens with zero attached hydrogens (tertiary/aromatic N) is 7. The molecular weight excluding hydrogens is 447 g/mol. The average molecular weight is 471 g/mol. The van der Waals surface area contributed by atoms with Gasteiger partial charge in [0.15, 0.2) is 5.65 Å². The quantitative estimate of drug-likeness (QED) is 0.421. The molecule has 1 aliphatic rings. The maximum absolute atomic E-state index is 15.4. The second-order valence-electron chi connectivity index (χ2n) is 9.03. The van der Waals surface area contributed by atoms with Gasteiger partial charge in [-0.25, -0.2) is 23.8 Å². The normalized spacial score (nSPS) is 13.6. The Morgan fingerprint density at radius 1 is 1.11 bits per heavy atom. The van der Waals surface area contributed by atoms with Crippen LogP contribution in [0.15, 0.2) is 53.8 Å². The van der Waals surface area contributed by atoms with Crippen molar-refractivity contribution in [3.05, 3.63) is 82.0 Å². The van der Waals surface area contributed by atoms with E-state index in [1.54, 1.807) is 16.8 Å². The first-order chi connectivity index (χ1) is 16.9. The first kappa shape index (κ1) is 21.2. The first-order valence-corrected chi connectivity index (χ1v) is 11.4. The number of aromatic nitrogens is 7. The van der Waals surface area contributed by atoms with Crippen LogP contribution in [0.3, 0.4) is 0 Å². The van der Waals surface area contributed by atoms with Gasteiger partial charge in [0, 0.05) is 11.6 Å². The molecule has 3 heterocycles. The number of hydrogen-bond donors (Lipinski definition) is 1. The van der Waals surface area contributed by atoms with Crippen molar-refractivity contribution in [3.8, 4) is 16.9 Å². The SMILES string of the molecule is Cc1ccc(C)c(Cn2cnn(-c3ccc(-c4nn(C5CC5)c5ncnc(N)c45)c(F)c3)c2=O)c1. The van der Waals surface area contributed by atoms with E-state index < -0.39 is 5.82 Å². The number of benzene rings is 2. The lowest BCUT2D eigenvalue weighted by Crippen LogP contribution is -2.24. The fraction of sp³-hybridized carbons (Fsp3) is 0.240. The van der Waals surface area contributed by atoms with Gasteiger partial charge in [0.05, 0.1) is 23.7 Å². The van der Waals surface area contributed by atoms with Gasteiger partial charge in [0.25, 0.3) is 0 Å². The number of nitrogens with two attached hydrogens (primary N) is 1. The van der Waals surface area contributed by atoms with Crippen LogP contribution in [0.1, 0.15) is 35.6 Å². The topological polar surface area (TPSA) is 109 Å². The fourth-order valence-electron chi connectivity index (χ4n) is 4.36. The molecule has 1 saturated carbocycles. The smallest absolute Gasteiger partial charge is 0.350 e. The van der Waals surface area contributed by atoms with Gasteiger partial charge in [0.1, 0.15) is 30.0 Å². The highest BCUT2D eigenvalue weighted by atomic mass is 19.1. The number of aryl methyl sites for hydroxylation is 2. The van der Waals surface area contributed by atoms with Crippen molar-refractivity contribution in [2.75, 3.05) is 5.73 Å². The van der Waals surface area contributed by atoms with Crippen LogP contribution in [0, 0.1) is 19.7 Å². The van der Waals surface area contributed by atoms with Crippen LogP contribution in [0.5, 0.6) is 0 Å². The molecule has 0 saturated heterocycles. The second-order valence-corrected chi connectivity index (χ2v) is 9.03. The van der Waals surface area contributed by atoms with Crippen molar-refractivity contribution in [1.82, 2.24) is 34.1 Å². The second kappa shape index (κ2) is 7.86. The Hall–Kier alpha value is -4.34. The number of hydrogen-bond acceptors (Lipinski definition) is 6. The number of rotatable bonds is 5. The molecule has 0 aliphatic heterocycles. The molecular formula is C25H23FN8O. The molecule has 3 aromatic heterocycles. The molecule has 2 N–H and O–H groups in total. The molecule has 2 aromatic carbocycles. The van der Waals surface area contributed by atoms with E-state index in [9.17, 15) is 4.79 Å². The molecule has 1 aliphatic carbocycles. The Morgan fingerprint density at radius 3 is 2.71 bits per heavy atom. The Kier molecular flexibility index (Phi) is 4.77. The van der Waals surface area contributed by atoms with Gasteiger partial charge < -0.3 is 5.73 Å². The molecule has 1 fully saturated rings. The summed E-state index contributed by atoms with van der Waals surface area (Å²) >= 11 is 0. The van der Waals surface area contributed by atoms with Crippen molar-refractivity contribution in [1.29, 1.82) is 0 Å². The summed E-state index contributed by atoms with van der Waals surface area (Å²) in [5.41, 5.74) is 10.6. The van der Waals surface area contributed by atoms with Gasteiger partial charge in [-0.15, -0.1) is 0 Å². The maximum atomic E-state index is 15.4. The predicted octanol–water partition coefficient (Wildman–Crippen LogP) is 3.56. The summed E-state index contributed by atoms with van der Waals surface area (Å²) in [7, 11) is 0. The number of fused-ring (bicyclic) bond motifs is 1. The van der Waals surface area contributed by atoms with E-state index in [-0.39, 0.29) is 23.1 Å². The minimum atomic E-state index is -0.538. The van der Waals surface area contributed by atoms with Crippen LogP contribution < -0.4 is 11.4 Å². The molecule has 6 rings (SSSR count). The third-order valence-corrected chi connectivity index (χ3v) is 6.44. The summed E-state index contributed by atoms with van der Waals surface area (Å²) in [4.78, 5) is 21.4. The summed E-state index contributed by atoms with van der Waals surface area (Å²) in [5, 5.41) is 9.38. The van der Waals surface area contributed by atoms with Crippen molar-refractivity contribution in [2.45, 2.75) is 39.3 Å². The lowest BCUT2D eigenvalue weighted by Gasteiger charge is -2.07. The average Bonchev–Trinajstić information content (AvgIpc) is 3.51. The third-order valence-electron chi connectivity index (χ3n) is 6.44. The molecule has 0 spiro atoms. The van der Waals surface area contributed by atoms with Crippen molar-refractivity contribution in [2.24, 2.45) is 0 Å². The number of nitrogen functional groups attached to an aromatic ring is 1. The molecule has 176 valence electrons.